The van der Waals surface area contributed by atoms with Crippen molar-refractivity contribution in [3.8, 4) is 0 Å². The van der Waals surface area contributed by atoms with Crippen LogP contribution in [-0.4, -0.2) is 76.5 Å². The Labute approximate surface area is 206 Å². The molecule has 2 aliphatic rings. The second-order valence-corrected chi connectivity index (χ2v) is 9.00. The molecule has 0 aromatic heterocycles. The zero-order valence-corrected chi connectivity index (χ0v) is 20.6. The molecule has 1 saturated carbocycles. The van der Waals surface area contributed by atoms with Gasteiger partial charge in [0.05, 0.1) is 18.8 Å². The lowest BCUT2D eigenvalue weighted by atomic mass is 9.84. The van der Waals surface area contributed by atoms with Gasteiger partial charge in [0.2, 0.25) is 5.91 Å². The molecule has 10 heteroatoms. The lowest BCUT2D eigenvalue weighted by molar-refractivity contribution is -0.137. The zero-order valence-electron chi connectivity index (χ0n) is 19.8. The van der Waals surface area contributed by atoms with E-state index in [1.807, 2.05) is 4.90 Å². The summed E-state index contributed by atoms with van der Waals surface area (Å²) in [4.78, 5) is 16.4. The predicted octanol–water partition coefficient (Wildman–Crippen LogP) is 3.98. The number of halogens is 4. The van der Waals surface area contributed by atoms with Gasteiger partial charge in [0.15, 0.2) is 0 Å². The maximum atomic E-state index is 13.0. The summed E-state index contributed by atoms with van der Waals surface area (Å²) in [6.45, 7) is 5.22. The van der Waals surface area contributed by atoms with Gasteiger partial charge in [-0.25, -0.2) is 0 Å². The van der Waals surface area contributed by atoms with Gasteiger partial charge < -0.3 is 19.7 Å². The van der Waals surface area contributed by atoms with Crippen LogP contribution in [0.4, 0.5) is 18.9 Å². The van der Waals surface area contributed by atoms with Crippen molar-refractivity contribution >= 4 is 24.0 Å². The van der Waals surface area contributed by atoms with E-state index >= 15 is 0 Å². The SMILES string of the molecule is COCCOCC(=O)NC1CCC(CCN2CCN(c3cccc(C(F)(F)F)c3)CC2)CC1.Cl. The van der Waals surface area contributed by atoms with Crippen molar-refractivity contribution in [2.24, 2.45) is 5.92 Å². The van der Waals surface area contributed by atoms with Crippen LogP contribution in [0.5, 0.6) is 0 Å². The molecule has 0 bridgehead atoms. The number of nitrogens with one attached hydrogen (secondary N) is 1. The topological polar surface area (TPSA) is 54.0 Å². The Balaban J connectivity index is 0.00000408. The van der Waals surface area contributed by atoms with Crippen molar-refractivity contribution in [2.75, 3.05) is 64.6 Å². The fraction of sp³-hybridized carbons (Fsp3) is 0.708. The number of rotatable bonds is 10. The molecule has 3 rings (SSSR count). The molecule has 1 saturated heterocycles. The van der Waals surface area contributed by atoms with Crippen LogP contribution in [0, 0.1) is 5.92 Å². The first-order chi connectivity index (χ1) is 15.8. The van der Waals surface area contributed by atoms with Gasteiger partial charge in [0.1, 0.15) is 6.61 Å². The second-order valence-electron chi connectivity index (χ2n) is 9.00. The van der Waals surface area contributed by atoms with Gasteiger partial charge in [0, 0.05) is 45.0 Å². The minimum Gasteiger partial charge on any atom is -0.382 e. The van der Waals surface area contributed by atoms with Crippen LogP contribution >= 0.6 is 12.4 Å². The number of ether oxygens (including phenoxy) is 2. The molecule has 34 heavy (non-hydrogen) atoms. The fourth-order valence-corrected chi connectivity index (χ4v) is 4.65. The molecule has 1 amide bonds. The molecule has 1 aromatic carbocycles. The summed E-state index contributed by atoms with van der Waals surface area (Å²) in [5.41, 5.74) is 0.0572. The van der Waals surface area contributed by atoms with E-state index < -0.39 is 11.7 Å². The van der Waals surface area contributed by atoms with E-state index in [-0.39, 0.29) is 31.0 Å². The molecule has 0 spiro atoms. The van der Waals surface area contributed by atoms with E-state index in [0.29, 0.717) is 24.8 Å². The monoisotopic (exact) mass is 507 g/mol. The van der Waals surface area contributed by atoms with Crippen LogP contribution in [0.3, 0.4) is 0 Å². The number of amides is 1. The largest absolute Gasteiger partial charge is 0.416 e. The first kappa shape index (κ1) is 28.7. The number of carbonyl (C=O) groups excluding carboxylic acids is 1. The van der Waals surface area contributed by atoms with Gasteiger partial charge in [-0.1, -0.05) is 6.07 Å². The smallest absolute Gasteiger partial charge is 0.382 e. The third-order valence-electron chi connectivity index (χ3n) is 6.64. The van der Waals surface area contributed by atoms with Crippen LogP contribution in [-0.2, 0) is 20.4 Å². The van der Waals surface area contributed by atoms with Gasteiger partial charge in [-0.3, -0.25) is 9.69 Å². The van der Waals surface area contributed by atoms with Crippen molar-refractivity contribution in [1.29, 1.82) is 0 Å². The number of methoxy groups -OCH3 is 1. The molecule has 6 nitrogen and oxygen atoms in total. The normalized spacial score (nSPS) is 21.7. The molecule has 0 unspecified atom stereocenters. The van der Waals surface area contributed by atoms with Crippen molar-refractivity contribution in [2.45, 2.75) is 44.3 Å². The van der Waals surface area contributed by atoms with Gasteiger partial charge in [-0.05, 0) is 62.8 Å². The lowest BCUT2D eigenvalue weighted by Gasteiger charge is -2.37. The quantitative estimate of drug-likeness (QED) is 0.486. The highest BCUT2D eigenvalue weighted by molar-refractivity contribution is 5.85. The molecule has 2 fully saturated rings. The Bertz CT molecular complexity index is 738. The summed E-state index contributed by atoms with van der Waals surface area (Å²) in [5, 5.41) is 3.06. The molecule has 0 radical (unpaired) electrons. The average molecular weight is 508 g/mol. The Morgan fingerprint density at radius 2 is 1.79 bits per heavy atom. The van der Waals surface area contributed by atoms with Crippen LogP contribution < -0.4 is 10.2 Å². The maximum Gasteiger partial charge on any atom is 0.416 e. The molecule has 1 heterocycles. The van der Waals surface area contributed by atoms with E-state index in [0.717, 1.165) is 70.9 Å². The third kappa shape index (κ3) is 9.24. The maximum absolute atomic E-state index is 13.0. The molecule has 1 N–H and O–H groups in total. The highest BCUT2D eigenvalue weighted by Crippen LogP contribution is 2.32. The number of anilines is 1. The molecular formula is C24H37ClF3N3O3. The number of benzene rings is 1. The number of nitrogens with zero attached hydrogens (tertiary/aromatic N) is 2. The first-order valence-corrected chi connectivity index (χ1v) is 11.9. The number of piperazine rings is 1. The second kappa shape index (κ2) is 14.1. The van der Waals surface area contributed by atoms with Crippen LogP contribution in [0.15, 0.2) is 24.3 Å². The predicted molar refractivity (Wildman–Crippen MR) is 129 cm³/mol. The fourth-order valence-electron chi connectivity index (χ4n) is 4.65. The minimum absolute atomic E-state index is 0. The van der Waals surface area contributed by atoms with E-state index in [4.69, 9.17) is 9.47 Å². The minimum atomic E-state index is -4.31. The van der Waals surface area contributed by atoms with E-state index in [1.54, 1.807) is 13.2 Å². The van der Waals surface area contributed by atoms with E-state index in [9.17, 15) is 18.0 Å². The van der Waals surface area contributed by atoms with Crippen LogP contribution in [0.2, 0.25) is 0 Å². The van der Waals surface area contributed by atoms with Gasteiger partial charge >= 0.3 is 6.18 Å². The Kier molecular flexibility index (Phi) is 11.9. The average Bonchev–Trinajstić information content (AvgIpc) is 2.81. The number of carbonyl (C=O) groups is 1. The lowest BCUT2D eigenvalue weighted by Crippen LogP contribution is -2.47. The Hall–Kier alpha value is -1.55. The third-order valence-corrected chi connectivity index (χ3v) is 6.64. The Morgan fingerprint density at radius 3 is 2.44 bits per heavy atom. The van der Waals surface area contributed by atoms with Crippen LogP contribution in [0.25, 0.3) is 0 Å². The van der Waals surface area contributed by atoms with Gasteiger partial charge in [-0.15, -0.1) is 12.4 Å². The molecule has 194 valence electrons. The molecular weight excluding hydrogens is 471 g/mol. The molecule has 1 aromatic rings. The molecule has 1 aliphatic heterocycles. The summed E-state index contributed by atoms with van der Waals surface area (Å²) in [6.07, 6.45) is 1.04. The van der Waals surface area contributed by atoms with Crippen molar-refractivity contribution in [3.05, 3.63) is 29.8 Å². The number of hydrogen-bond acceptors (Lipinski definition) is 5. The van der Waals surface area contributed by atoms with Crippen molar-refractivity contribution < 1.29 is 27.4 Å². The number of hydrogen-bond donors (Lipinski definition) is 1. The highest BCUT2D eigenvalue weighted by Gasteiger charge is 2.31. The first-order valence-electron chi connectivity index (χ1n) is 11.9. The number of alkyl halides is 3. The van der Waals surface area contributed by atoms with E-state index in [1.165, 1.54) is 12.1 Å². The van der Waals surface area contributed by atoms with Crippen molar-refractivity contribution in [3.63, 3.8) is 0 Å². The molecule has 0 atom stereocenters. The summed E-state index contributed by atoms with van der Waals surface area (Å²) >= 11 is 0. The van der Waals surface area contributed by atoms with Gasteiger partial charge in [-0.2, -0.15) is 13.2 Å². The van der Waals surface area contributed by atoms with Crippen molar-refractivity contribution in [1.82, 2.24) is 10.2 Å². The van der Waals surface area contributed by atoms with Crippen LogP contribution in [0.1, 0.15) is 37.7 Å². The highest BCUT2D eigenvalue weighted by atomic mass is 35.5. The van der Waals surface area contributed by atoms with E-state index in [2.05, 4.69) is 10.2 Å². The summed E-state index contributed by atoms with van der Waals surface area (Å²) in [7, 11) is 1.60. The van der Waals surface area contributed by atoms with Gasteiger partial charge in [0.25, 0.3) is 0 Å². The standard InChI is InChI=1S/C24H36F3N3O3.ClH/c1-32-15-16-33-18-23(31)28-21-7-5-19(6-8-21)9-10-29-11-13-30(14-12-29)22-4-2-3-20(17-22)24(25,26)27;/h2-4,17,19,21H,5-16,18H2,1H3,(H,28,31);1H. The summed E-state index contributed by atoms with van der Waals surface area (Å²) in [5.74, 6) is 0.603. The summed E-state index contributed by atoms with van der Waals surface area (Å²) < 4.78 is 49.1. The zero-order chi connectivity index (χ0) is 23.7. The summed E-state index contributed by atoms with van der Waals surface area (Å²) in [6, 6.07) is 5.84. The Morgan fingerprint density at radius 1 is 1.09 bits per heavy atom. The molecule has 1 aliphatic carbocycles.